The summed E-state index contributed by atoms with van der Waals surface area (Å²) in [4.78, 5) is 4.53. The first-order chi connectivity index (χ1) is 10.00. The maximum absolute atomic E-state index is 11.2. The summed E-state index contributed by atoms with van der Waals surface area (Å²) in [5.41, 5.74) is 1.98. The molecule has 1 aromatic carbocycles. The van der Waals surface area contributed by atoms with Gasteiger partial charge in [0.1, 0.15) is 0 Å². The molecule has 1 aliphatic carbocycles. The number of aromatic nitrogens is 1. The van der Waals surface area contributed by atoms with E-state index in [1.54, 1.807) is 6.20 Å². The molecule has 1 heterocycles. The average Bonchev–Trinajstić information content (AvgIpc) is 2.46. The van der Waals surface area contributed by atoms with Gasteiger partial charge < -0.3 is 5.11 Å². The van der Waals surface area contributed by atoms with E-state index in [4.69, 9.17) is 11.6 Å². The molecule has 2 atom stereocenters. The van der Waals surface area contributed by atoms with Gasteiger partial charge in [-0.3, -0.25) is 4.98 Å². The third kappa shape index (κ3) is 2.75. The molecule has 2 aromatic rings. The Hall–Kier alpha value is -0.900. The Morgan fingerprint density at radius 3 is 2.95 bits per heavy atom. The molecule has 0 aliphatic heterocycles. The zero-order valence-corrected chi connectivity index (χ0v) is 14.2. The molecule has 1 N–H and O–H groups in total. The van der Waals surface area contributed by atoms with Crippen LogP contribution in [0.2, 0.25) is 5.02 Å². The average molecular weight is 367 g/mol. The van der Waals surface area contributed by atoms with Crippen molar-refractivity contribution in [2.24, 2.45) is 0 Å². The van der Waals surface area contributed by atoms with Gasteiger partial charge in [0.2, 0.25) is 0 Å². The predicted molar refractivity (Wildman–Crippen MR) is 88.6 cm³/mol. The highest BCUT2D eigenvalue weighted by Gasteiger charge is 2.39. The molecule has 0 spiro atoms. The number of pyridine rings is 1. The number of fused-ring (bicyclic) bond motifs is 1. The van der Waals surface area contributed by atoms with Gasteiger partial charge in [0, 0.05) is 32.9 Å². The predicted octanol–water partition coefficient (Wildman–Crippen LogP) is 4.83. The van der Waals surface area contributed by atoms with Crippen molar-refractivity contribution in [1.82, 2.24) is 4.98 Å². The Morgan fingerprint density at radius 1 is 1.38 bits per heavy atom. The smallest absolute Gasteiger partial charge is 0.0966 e. The monoisotopic (exact) mass is 365 g/mol. The Bertz CT molecular complexity index is 672. The van der Waals surface area contributed by atoms with Gasteiger partial charge in [-0.2, -0.15) is 0 Å². The largest absolute Gasteiger partial charge is 0.385 e. The molecule has 21 heavy (non-hydrogen) atoms. The van der Waals surface area contributed by atoms with Crippen LogP contribution in [0.5, 0.6) is 0 Å². The lowest BCUT2D eigenvalue weighted by molar-refractivity contribution is 0.0190. The fraction of sp³-hybridized carbons (Fsp3) is 0.353. The first-order valence-corrected chi connectivity index (χ1v) is 8.29. The van der Waals surface area contributed by atoms with Crippen molar-refractivity contribution in [1.29, 1.82) is 0 Å². The topological polar surface area (TPSA) is 33.1 Å². The summed E-state index contributed by atoms with van der Waals surface area (Å²) in [6, 6.07) is 9.70. The van der Waals surface area contributed by atoms with Gasteiger partial charge >= 0.3 is 0 Å². The molecule has 2 unspecified atom stereocenters. The molecular weight excluding hydrogens is 350 g/mol. The molecule has 3 rings (SSSR count). The second-order valence-corrected chi connectivity index (χ2v) is 7.09. The van der Waals surface area contributed by atoms with Gasteiger partial charge in [0.25, 0.3) is 0 Å². The molecule has 0 bridgehead atoms. The Kier molecular flexibility index (Phi) is 4.08. The first kappa shape index (κ1) is 15.0. The van der Waals surface area contributed by atoms with Crippen LogP contribution < -0.4 is 0 Å². The number of hydrogen-bond donors (Lipinski definition) is 1. The third-order valence-corrected chi connectivity index (χ3v) is 5.16. The van der Waals surface area contributed by atoms with Crippen LogP contribution in [0.1, 0.15) is 42.5 Å². The summed E-state index contributed by atoms with van der Waals surface area (Å²) in [6.45, 7) is 1.84. The SMILES string of the molecule is CC(O)(c1ccc(Br)cc1Cl)C1CCCc2cccnc21. The number of rotatable bonds is 2. The van der Waals surface area contributed by atoms with Gasteiger partial charge in [-0.15, -0.1) is 0 Å². The lowest BCUT2D eigenvalue weighted by Crippen LogP contribution is -2.33. The molecule has 0 amide bonds. The Morgan fingerprint density at radius 2 is 2.19 bits per heavy atom. The maximum Gasteiger partial charge on any atom is 0.0966 e. The standard InChI is InChI=1S/C17H17BrClNO/c1-17(21,13-8-7-12(18)10-15(13)19)14-6-2-4-11-5-3-9-20-16(11)14/h3,5,7-10,14,21H,2,4,6H2,1H3. The Balaban J connectivity index is 2.07. The highest BCUT2D eigenvalue weighted by atomic mass is 79.9. The summed E-state index contributed by atoms with van der Waals surface area (Å²) in [6.07, 6.45) is 4.82. The summed E-state index contributed by atoms with van der Waals surface area (Å²) >= 11 is 9.76. The van der Waals surface area contributed by atoms with E-state index in [2.05, 4.69) is 27.0 Å². The third-order valence-electron chi connectivity index (χ3n) is 4.35. The van der Waals surface area contributed by atoms with Crippen LogP contribution in [-0.2, 0) is 12.0 Å². The molecule has 4 heteroatoms. The van der Waals surface area contributed by atoms with Crippen LogP contribution in [0, 0.1) is 0 Å². The van der Waals surface area contributed by atoms with Crippen LogP contribution >= 0.6 is 27.5 Å². The number of aliphatic hydroxyl groups is 1. The van der Waals surface area contributed by atoms with Gasteiger partial charge in [0.15, 0.2) is 0 Å². The second-order valence-electron chi connectivity index (χ2n) is 5.76. The van der Waals surface area contributed by atoms with Gasteiger partial charge in [-0.05, 0) is 49.9 Å². The van der Waals surface area contributed by atoms with Crippen molar-refractivity contribution in [2.75, 3.05) is 0 Å². The van der Waals surface area contributed by atoms with Gasteiger partial charge in [-0.1, -0.05) is 39.7 Å². The van der Waals surface area contributed by atoms with E-state index in [1.165, 1.54) is 5.56 Å². The summed E-state index contributed by atoms with van der Waals surface area (Å²) in [5.74, 6) is -0.0267. The highest BCUT2D eigenvalue weighted by molar-refractivity contribution is 9.10. The zero-order chi connectivity index (χ0) is 15.0. The molecule has 1 aliphatic rings. The number of halogens is 2. The Labute approximate surface area is 138 Å². The number of hydrogen-bond acceptors (Lipinski definition) is 2. The minimum Gasteiger partial charge on any atom is -0.385 e. The van der Waals surface area contributed by atoms with Crippen LogP contribution in [0.3, 0.4) is 0 Å². The van der Waals surface area contributed by atoms with E-state index in [0.717, 1.165) is 35.0 Å². The van der Waals surface area contributed by atoms with Crippen LogP contribution in [-0.4, -0.2) is 10.1 Å². The minimum atomic E-state index is -1.03. The molecule has 1 aromatic heterocycles. The highest BCUT2D eigenvalue weighted by Crippen LogP contribution is 2.45. The number of nitrogens with zero attached hydrogens (tertiary/aromatic N) is 1. The van der Waals surface area contributed by atoms with Crippen LogP contribution in [0.15, 0.2) is 41.0 Å². The fourth-order valence-corrected chi connectivity index (χ4v) is 4.11. The summed E-state index contributed by atoms with van der Waals surface area (Å²) in [5, 5.41) is 11.8. The second kappa shape index (κ2) is 5.71. The molecule has 0 saturated heterocycles. The summed E-state index contributed by atoms with van der Waals surface area (Å²) < 4.78 is 0.911. The quantitative estimate of drug-likeness (QED) is 0.826. The zero-order valence-electron chi connectivity index (χ0n) is 11.8. The van der Waals surface area contributed by atoms with Gasteiger partial charge in [-0.25, -0.2) is 0 Å². The van der Waals surface area contributed by atoms with Crippen LogP contribution in [0.25, 0.3) is 0 Å². The van der Waals surface area contributed by atoms with Crippen molar-refractivity contribution < 1.29 is 5.11 Å². The van der Waals surface area contributed by atoms with E-state index in [0.29, 0.717) is 5.02 Å². The summed E-state index contributed by atoms with van der Waals surface area (Å²) in [7, 11) is 0. The van der Waals surface area contributed by atoms with E-state index < -0.39 is 5.60 Å². The lowest BCUT2D eigenvalue weighted by Gasteiger charge is -2.37. The lowest BCUT2D eigenvalue weighted by atomic mass is 9.73. The van der Waals surface area contributed by atoms with Crippen molar-refractivity contribution >= 4 is 27.5 Å². The molecule has 110 valence electrons. The van der Waals surface area contributed by atoms with Crippen molar-refractivity contribution in [3.8, 4) is 0 Å². The number of aryl methyl sites for hydroxylation is 1. The molecule has 2 nitrogen and oxygen atoms in total. The van der Waals surface area contributed by atoms with E-state index in [9.17, 15) is 5.11 Å². The maximum atomic E-state index is 11.2. The van der Waals surface area contributed by atoms with Crippen molar-refractivity contribution in [3.63, 3.8) is 0 Å². The number of benzene rings is 1. The molecule has 0 fully saturated rings. The van der Waals surface area contributed by atoms with Crippen molar-refractivity contribution in [3.05, 3.63) is 62.8 Å². The normalized spacial score (nSPS) is 20.7. The van der Waals surface area contributed by atoms with E-state index in [-0.39, 0.29) is 5.92 Å². The molecule has 0 radical (unpaired) electrons. The minimum absolute atomic E-state index is 0.0267. The first-order valence-electron chi connectivity index (χ1n) is 7.12. The van der Waals surface area contributed by atoms with E-state index >= 15 is 0 Å². The van der Waals surface area contributed by atoms with Crippen molar-refractivity contribution in [2.45, 2.75) is 37.7 Å². The fourth-order valence-electron chi connectivity index (χ4n) is 3.24. The van der Waals surface area contributed by atoms with Crippen LogP contribution in [0.4, 0.5) is 0 Å². The van der Waals surface area contributed by atoms with E-state index in [1.807, 2.05) is 31.2 Å². The molecular formula is C17H17BrClNO. The van der Waals surface area contributed by atoms with Gasteiger partial charge in [0.05, 0.1) is 5.60 Å². The molecule has 0 saturated carbocycles.